The maximum Gasteiger partial charge on any atom is 0.138 e. The first-order chi connectivity index (χ1) is 12.3. The van der Waals surface area contributed by atoms with Crippen molar-refractivity contribution in [3.05, 3.63) is 108 Å². The van der Waals surface area contributed by atoms with Crippen LogP contribution < -0.4 is 0 Å². The van der Waals surface area contributed by atoms with Gasteiger partial charge in [-0.3, -0.25) is 4.90 Å². The Kier molecular flexibility index (Phi) is 4.39. The van der Waals surface area contributed by atoms with E-state index in [0.29, 0.717) is 0 Å². The molecular formula is C23H23NO. The molecule has 0 aromatic heterocycles. The van der Waals surface area contributed by atoms with E-state index in [2.05, 4.69) is 96.9 Å². The Labute approximate surface area is 149 Å². The molecule has 2 heteroatoms. The summed E-state index contributed by atoms with van der Waals surface area (Å²) in [5.41, 5.74) is 3.21. The summed E-state index contributed by atoms with van der Waals surface area (Å²) in [5, 5.41) is 0. The Morgan fingerprint density at radius 2 is 1.24 bits per heavy atom. The van der Waals surface area contributed by atoms with E-state index in [9.17, 15) is 0 Å². The summed E-state index contributed by atoms with van der Waals surface area (Å²) in [5.74, 6) is 0. The zero-order chi connectivity index (χ0) is 17.1. The highest BCUT2D eigenvalue weighted by Crippen LogP contribution is 2.45. The average molecular weight is 329 g/mol. The first-order valence-corrected chi connectivity index (χ1v) is 8.84. The number of benzene rings is 3. The van der Waals surface area contributed by atoms with E-state index in [4.69, 9.17) is 4.74 Å². The molecule has 2 nitrogen and oxygen atoms in total. The zero-order valence-corrected chi connectivity index (χ0v) is 14.5. The van der Waals surface area contributed by atoms with E-state index in [1.165, 1.54) is 16.7 Å². The average Bonchev–Trinajstić information content (AvgIpc) is 2.71. The summed E-state index contributed by atoms with van der Waals surface area (Å²) >= 11 is 0. The molecule has 3 aromatic carbocycles. The molecule has 1 saturated heterocycles. The molecule has 1 aliphatic heterocycles. The number of rotatable bonds is 3. The fraction of sp³-hybridized carbons (Fsp3) is 0.217. The Balaban J connectivity index is 1.82. The number of nitrogens with zero attached hydrogens (tertiary/aromatic N) is 1. The lowest BCUT2D eigenvalue weighted by molar-refractivity contribution is -0.179. The summed E-state index contributed by atoms with van der Waals surface area (Å²) in [6.45, 7) is 0.976. The van der Waals surface area contributed by atoms with Gasteiger partial charge in [0.15, 0.2) is 0 Å². The van der Waals surface area contributed by atoms with Crippen molar-refractivity contribution in [2.75, 3.05) is 13.6 Å². The van der Waals surface area contributed by atoms with E-state index in [1.54, 1.807) is 0 Å². The first kappa shape index (κ1) is 16.1. The molecule has 0 radical (unpaired) electrons. The molecule has 0 N–H and O–H groups in total. The summed E-state index contributed by atoms with van der Waals surface area (Å²) in [6, 6.07) is 31.7. The number of ether oxygens (including phenoxy) is 1. The van der Waals surface area contributed by atoms with Crippen LogP contribution in [0.25, 0.3) is 0 Å². The second-order valence-corrected chi connectivity index (χ2v) is 6.67. The molecule has 1 atom stereocenters. The van der Waals surface area contributed by atoms with Crippen LogP contribution in [0.3, 0.4) is 0 Å². The Morgan fingerprint density at radius 3 is 1.76 bits per heavy atom. The van der Waals surface area contributed by atoms with Gasteiger partial charge in [0.2, 0.25) is 0 Å². The first-order valence-electron chi connectivity index (χ1n) is 8.84. The third-order valence-corrected chi connectivity index (χ3v) is 5.09. The standard InChI is InChI=1S/C23H23NO/c1-24-18-17-23(20-13-7-3-8-14-20,21-15-9-4-10-16-21)25-22(24)19-11-5-2-6-12-19/h2-16,22H,17-18H2,1H3. The van der Waals surface area contributed by atoms with Gasteiger partial charge in [-0.1, -0.05) is 91.0 Å². The lowest BCUT2D eigenvalue weighted by Crippen LogP contribution is -2.45. The van der Waals surface area contributed by atoms with Crippen molar-refractivity contribution in [2.24, 2.45) is 0 Å². The Hall–Kier alpha value is -2.42. The van der Waals surface area contributed by atoms with E-state index in [-0.39, 0.29) is 6.23 Å². The van der Waals surface area contributed by atoms with Crippen molar-refractivity contribution in [3.8, 4) is 0 Å². The highest BCUT2D eigenvalue weighted by molar-refractivity contribution is 5.37. The summed E-state index contributed by atoms with van der Waals surface area (Å²) in [4.78, 5) is 2.29. The largest absolute Gasteiger partial charge is 0.343 e. The summed E-state index contributed by atoms with van der Waals surface area (Å²) < 4.78 is 6.87. The van der Waals surface area contributed by atoms with Crippen LogP contribution in [0.4, 0.5) is 0 Å². The van der Waals surface area contributed by atoms with Crippen LogP contribution in [-0.2, 0) is 10.3 Å². The quantitative estimate of drug-likeness (QED) is 0.672. The molecule has 1 fully saturated rings. The van der Waals surface area contributed by atoms with Crippen molar-refractivity contribution in [3.63, 3.8) is 0 Å². The van der Waals surface area contributed by atoms with E-state index in [1.807, 2.05) is 6.07 Å². The van der Waals surface area contributed by atoms with Gasteiger partial charge in [-0.15, -0.1) is 0 Å². The fourth-order valence-corrected chi connectivity index (χ4v) is 3.74. The van der Waals surface area contributed by atoms with Gasteiger partial charge in [-0.2, -0.15) is 0 Å². The topological polar surface area (TPSA) is 12.5 Å². The van der Waals surface area contributed by atoms with Gasteiger partial charge in [0.05, 0.1) is 0 Å². The minimum absolute atomic E-state index is 0.0598. The van der Waals surface area contributed by atoms with Gasteiger partial charge in [-0.25, -0.2) is 0 Å². The highest BCUT2D eigenvalue weighted by atomic mass is 16.5. The molecule has 3 aromatic rings. The monoisotopic (exact) mass is 329 g/mol. The highest BCUT2D eigenvalue weighted by Gasteiger charge is 2.42. The second-order valence-electron chi connectivity index (χ2n) is 6.67. The van der Waals surface area contributed by atoms with Crippen LogP contribution in [0.2, 0.25) is 0 Å². The Morgan fingerprint density at radius 1 is 0.760 bits per heavy atom. The molecule has 1 heterocycles. The summed E-state index contributed by atoms with van der Waals surface area (Å²) in [7, 11) is 2.14. The third kappa shape index (κ3) is 2.99. The van der Waals surface area contributed by atoms with Gasteiger partial charge >= 0.3 is 0 Å². The van der Waals surface area contributed by atoms with Crippen LogP contribution in [-0.4, -0.2) is 18.5 Å². The second kappa shape index (κ2) is 6.83. The van der Waals surface area contributed by atoms with Crippen molar-refractivity contribution in [1.82, 2.24) is 4.90 Å². The SMILES string of the molecule is CN1CCC(c2ccccc2)(c2ccccc2)OC1c1ccccc1. The third-order valence-electron chi connectivity index (χ3n) is 5.09. The molecule has 1 unspecified atom stereocenters. The maximum atomic E-state index is 6.87. The lowest BCUT2D eigenvalue weighted by atomic mass is 9.82. The maximum absolute atomic E-state index is 6.87. The fourth-order valence-electron chi connectivity index (χ4n) is 3.74. The van der Waals surface area contributed by atoms with Gasteiger partial charge in [0, 0.05) is 6.54 Å². The smallest absolute Gasteiger partial charge is 0.138 e. The van der Waals surface area contributed by atoms with Crippen molar-refractivity contribution in [2.45, 2.75) is 18.2 Å². The van der Waals surface area contributed by atoms with Crippen LogP contribution >= 0.6 is 0 Å². The number of hydrogen-bond acceptors (Lipinski definition) is 2. The minimum atomic E-state index is -0.421. The van der Waals surface area contributed by atoms with Gasteiger partial charge in [-0.05, 0) is 30.2 Å². The van der Waals surface area contributed by atoms with Crippen LogP contribution in [0.5, 0.6) is 0 Å². The van der Waals surface area contributed by atoms with E-state index < -0.39 is 5.60 Å². The van der Waals surface area contributed by atoms with Gasteiger partial charge in [0.1, 0.15) is 11.8 Å². The molecule has 0 amide bonds. The molecule has 4 rings (SSSR count). The Bertz CT molecular complexity index is 762. The van der Waals surface area contributed by atoms with Gasteiger partial charge < -0.3 is 4.74 Å². The summed E-state index contributed by atoms with van der Waals surface area (Å²) in [6.07, 6.45) is 0.872. The minimum Gasteiger partial charge on any atom is -0.343 e. The molecule has 0 aliphatic carbocycles. The molecule has 126 valence electrons. The van der Waals surface area contributed by atoms with Crippen LogP contribution in [0.1, 0.15) is 29.3 Å². The normalized spacial score (nSPS) is 20.3. The van der Waals surface area contributed by atoms with E-state index >= 15 is 0 Å². The molecule has 0 saturated carbocycles. The molecule has 0 bridgehead atoms. The molecule has 1 aliphatic rings. The molecule has 25 heavy (non-hydrogen) atoms. The molecular weight excluding hydrogens is 306 g/mol. The zero-order valence-electron chi connectivity index (χ0n) is 14.5. The predicted octanol–water partition coefficient (Wildman–Crippen LogP) is 4.98. The predicted molar refractivity (Wildman–Crippen MR) is 101 cm³/mol. The lowest BCUT2D eigenvalue weighted by Gasteiger charge is -2.46. The van der Waals surface area contributed by atoms with Crippen LogP contribution in [0, 0.1) is 0 Å². The number of hydrogen-bond donors (Lipinski definition) is 0. The molecule has 0 spiro atoms. The van der Waals surface area contributed by atoms with Crippen molar-refractivity contribution >= 4 is 0 Å². The van der Waals surface area contributed by atoms with Gasteiger partial charge in [0.25, 0.3) is 0 Å². The van der Waals surface area contributed by atoms with Crippen LogP contribution in [0.15, 0.2) is 91.0 Å². The van der Waals surface area contributed by atoms with Crippen molar-refractivity contribution in [1.29, 1.82) is 0 Å². The van der Waals surface area contributed by atoms with Crippen molar-refractivity contribution < 1.29 is 4.74 Å². The van der Waals surface area contributed by atoms with E-state index in [0.717, 1.165) is 13.0 Å².